The molecule has 0 radical (unpaired) electrons. The largest absolute Gasteiger partial charge is 0.495 e. The molecule has 0 unspecified atom stereocenters. The third-order valence-electron chi connectivity index (χ3n) is 2.75. The summed E-state index contributed by atoms with van der Waals surface area (Å²) in [5.74, 6) is 0.486. The molecule has 2 rings (SSSR count). The zero-order chi connectivity index (χ0) is 11.9. The van der Waals surface area contributed by atoms with E-state index in [0.717, 1.165) is 11.0 Å². The van der Waals surface area contributed by atoms with E-state index in [2.05, 4.69) is 36.8 Å². The number of aliphatic hydroxyl groups excluding tert-OH is 1. The number of aliphatic hydroxyl groups is 1. The van der Waals surface area contributed by atoms with Gasteiger partial charge in [-0.2, -0.15) is 0 Å². The maximum Gasteiger partial charge on any atom is 0.210 e. The van der Waals surface area contributed by atoms with E-state index in [1.807, 2.05) is 17.7 Å². The van der Waals surface area contributed by atoms with Crippen LogP contribution in [0.4, 0.5) is 5.95 Å². The van der Waals surface area contributed by atoms with E-state index in [0.29, 0.717) is 5.95 Å². The summed E-state index contributed by atoms with van der Waals surface area (Å²) in [6.45, 7) is 7.51. The molecule has 4 nitrogen and oxygen atoms in total. The van der Waals surface area contributed by atoms with Gasteiger partial charge in [-0.25, -0.2) is 4.98 Å². The Hall–Kier alpha value is -1.97. The predicted octanol–water partition coefficient (Wildman–Crippen LogP) is 2.63. The van der Waals surface area contributed by atoms with Crippen molar-refractivity contribution in [1.82, 2.24) is 9.55 Å². The van der Waals surface area contributed by atoms with Crippen LogP contribution < -0.4 is 5.32 Å². The number of anilines is 1. The lowest BCUT2D eigenvalue weighted by Crippen LogP contribution is -2.02. The van der Waals surface area contributed by atoms with Crippen molar-refractivity contribution in [2.24, 2.45) is 7.05 Å². The van der Waals surface area contributed by atoms with Gasteiger partial charge in [-0.15, -0.1) is 0 Å². The van der Waals surface area contributed by atoms with Crippen LogP contribution in [-0.2, 0) is 7.05 Å². The van der Waals surface area contributed by atoms with Gasteiger partial charge in [-0.05, 0) is 43.7 Å². The molecule has 4 heteroatoms. The van der Waals surface area contributed by atoms with Crippen molar-refractivity contribution in [1.29, 1.82) is 0 Å². The summed E-state index contributed by atoms with van der Waals surface area (Å²) in [5.41, 5.74) is 4.38. The number of nitrogens with one attached hydrogen (secondary N) is 1. The molecule has 0 spiro atoms. The zero-order valence-electron chi connectivity index (χ0n) is 9.70. The van der Waals surface area contributed by atoms with Crippen molar-refractivity contribution in [2.75, 3.05) is 5.32 Å². The molecule has 0 aliphatic carbocycles. The van der Waals surface area contributed by atoms with Crippen molar-refractivity contribution in [3.05, 3.63) is 35.7 Å². The number of hydrogen-bond donors (Lipinski definition) is 2. The topological polar surface area (TPSA) is 50.1 Å². The number of hydrogen-bond acceptors (Lipinski definition) is 3. The summed E-state index contributed by atoms with van der Waals surface area (Å²) < 4.78 is 1.89. The molecule has 84 valence electrons. The summed E-state index contributed by atoms with van der Waals surface area (Å²) >= 11 is 0. The first-order valence-electron chi connectivity index (χ1n) is 5.07. The van der Waals surface area contributed by atoms with Crippen LogP contribution in [0, 0.1) is 13.8 Å². The fourth-order valence-electron chi connectivity index (χ4n) is 1.69. The highest BCUT2D eigenvalue weighted by atomic mass is 16.3. The van der Waals surface area contributed by atoms with Crippen LogP contribution in [0.3, 0.4) is 0 Å². The molecular weight excluding hydrogens is 202 g/mol. The van der Waals surface area contributed by atoms with Crippen LogP contribution in [-0.4, -0.2) is 14.7 Å². The summed E-state index contributed by atoms with van der Waals surface area (Å²) in [7, 11) is 1.90. The fourth-order valence-corrected chi connectivity index (χ4v) is 1.69. The average molecular weight is 217 g/mol. The molecule has 1 aromatic heterocycles. The highest BCUT2D eigenvalue weighted by Crippen LogP contribution is 2.22. The van der Waals surface area contributed by atoms with Crippen molar-refractivity contribution in [2.45, 2.75) is 13.8 Å². The second-order valence-electron chi connectivity index (χ2n) is 3.99. The molecule has 2 N–H and O–H groups in total. The second-order valence-corrected chi connectivity index (χ2v) is 3.99. The molecule has 0 fully saturated rings. The fraction of sp³-hybridized carbons (Fsp3) is 0.250. The molecule has 2 aromatic rings. The molecule has 0 saturated carbocycles. The molecule has 0 saturated heterocycles. The molecule has 0 aliphatic rings. The van der Waals surface area contributed by atoms with Crippen LogP contribution in [0.25, 0.3) is 11.0 Å². The van der Waals surface area contributed by atoms with E-state index in [4.69, 9.17) is 5.11 Å². The number of fused-ring (bicyclic) bond motifs is 1. The van der Waals surface area contributed by atoms with E-state index in [1.54, 1.807) is 0 Å². The highest BCUT2D eigenvalue weighted by Gasteiger charge is 2.09. The third kappa shape index (κ3) is 1.62. The maximum absolute atomic E-state index is 9.11. The van der Waals surface area contributed by atoms with Gasteiger partial charge in [0.05, 0.1) is 11.0 Å². The Balaban J connectivity index is 2.63. The summed E-state index contributed by atoms with van der Waals surface area (Å²) in [4.78, 5) is 4.39. The van der Waals surface area contributed by atoms with E-state index in [9.17, 15) is 0 Å². The van der Waals surface area contributed by atoms with E-state index in [-0.39, 0.29) is 5.88 Å². The molecule has 0 bridgehead atoms. The Morgan fingerprint density at radius 2 is 2.00 bits per heavy atom. The van der Waals surface area contributed by atoms with Gasteiger partial charge in [0.1, 0.15) is 0 Å². The van der Waals surface area contributed by atoms with Crippen molar-refractivity contribution in [3.8, 4) is 0 Å². The Morgan fingerprint density at radius 1 is 1.38 bits per heavy atom. The normalized spacial score (nSPS) is 10.7. The van der Waals surface area contributed by atoms with E-state index >= 15 is 0 Å². The molecule has 1 aromatic carbocycles. The van der Waals surface area contributed by atoms with Gasteiger partial charge < -0.3 is 9.67 Å². The molecule has 0 aliphatic heterocycles. The van der Waals surface area contributed by atoms with Crippen LogP contribution in [0.5, 0.6) is 0 Å². The molecule has 0 amide bonds. The van der Waals surface area contributed by atoms with Gasteiger partial charge in [-0.1, -0.05) is 0 Å². The first kappa shape index (κ1) is 10.5. The first-order chi connectivity index (χ1) is 7.49. The van der Waals surface area contributed by atoms with Crippen molar-refractivity contribution >= 4 is 17.0 Å². The maximum atomic E-state index is 9.11. The van der Waals surface area contributed by atoms with Crippen LogP contribution >= 0.6 is 0 Å². The second kappa shape index (κ2) is 3.56. The predicted molar refractivity (Wildman–Crippen MR) is 65.6 cm³/mol. The van der Waals surface area contributed by atoms with Gasteiger partial charge >= 0.3 is 0 Å². The lowest BCUT2D eigenvalue weighted by Gasteiger charge is -2.03. The Kier molecular flexibility index (Phi) is 2.34. The van der Waals surface area contributed by atoms with Gasteiger partial charge in [0.25, 0.3) is 0 Å². The van der Waals surface area contributed by atoms with Crippen molar-refractivity contribution < 1.29 is 5.11 Å². The van der Waals surface area contributed by atoms with Crippen LogP contribution in [0.1, 0.15) is 11.1 Å². The number of benzene rings is 1. The number of aryl methyl sites for hydroxylation is 3. The van der Waals surface area contributed by atoms with Crippen LogP contribution in [0.2, 0.25) is 0 Å². The third-order valence-corrected chi connectivity index (χ3v) is 2.75. The van der Waals surface area contributed by atoms with Crippen LogP contribution in [0.15, 0.2) is 24.6 Å². The van der Waals surface area contributed by atoms with Crippen molar-refractivity contribution in [3.63, 3.8) is 0 Å². The zero-order valence-corrected chi connectivity index (χ0v) is 9.70. The van der Waals surface area contributed by atoms with Gasteiger partial charge in [0.2, 0.25) is 5.95 Å². The standard InChI is InChI=1S/C12H15N3O/c1-7-5-10-11(6-8(7)2)15(4)12(14-10)13-9(3)16/h5-6,16H,3H2,1-2,4H3,(H,13,14). The molecular formula is C12H15N3O. The lowest BCUT2D eigenvalue weighted by atomic mass is 10.1. The Morgan fingerprint density at radius 3 is 2.62 bits per heavy atom. The highest BCUT2D eigenvalue weighted by molar-refractivity contribution is 5.80. The quantitative estimate of drug-likeness (QED) is 0.760. The number of rotatable bonds is 2. The summed E-state index contributed by atoms with van der Waals surface area (Å²) in [6, 6.07) is 4.12. The Labute approximate surface area is 94.2 Å². The minimum atomic E-state index is -0.105. The lowest BCUT2D eigenvalue weighted by molar-refractivity contribution is 0.421. The first-order valence-corrected chi connectivity index (χ1v) is 5.07. The average Bonchev–Trinajstić information content (AvgIpc) is 2.45. The number of imidazole rings is 1. The SMILES string of the molecule is C=C(O)Nc1nc2cc(C)c(C)cc2n1C. The smallest absolute Gasteiger partial charge is 0.210 e. The monoisotopic (exact) mass is 217 g/mol. The van der Waals surface area contributed by atoms with E-state index < -0.39 is 0 Å². The minimum absolute atomic E-state index is 0.105. The summed E-state index contributed by atoms with van der Waals surface area (Å²) in [5, 5.41) is 11.8. The van der Waals surface area contributed by atoms with Gasteiger partial charge in [-0.3, -0.25) is 5.32 Å². The van der Waals surface area contributed by atoms with E-state index in [1.165, 1.54) is 11.1 Å². The Bertz CT molecular complexity index is 569. The molecule has 0 atom stereocenters. The number of aromatic nitrogens is 2. The van der Waals surface area contributed by atoms with Gasteiger partial charge in [0.15, 0.2) is 5.88 Å². The number of nitrogens with zero attached hydrogens (tertiary/aromatic N) is 2. The minimum Gasteiger partial charge on any atom is -0.495 e. The molecule has 16 heavy (non-hydrogen) atoms. The molecule has 1 heterocycles. The summed E-state index contributed by atoms with van der Waals surface area (Å²) in [6.07, 6.45) is 0. The van der Waals surface area contributed by atoms with Gasteiger partial charge in [0, 0.05) is 7.05 Å².